The van der Waals surface area contributed by atoms with E-state index in [1.807, 2.05) is 11.6 Å². The lowest BCUT2D eigenvalue weighted by atomic mass is 10.1. The van der Waals surface area contributed by atoms with Crippen molar-refractivity contribution in [3.8, 4) is 0 Å². The minimum absolute atomic E-state index is 0.659. The zero-order valence-corrected chi connectivity index (χ0v) is 18.0. The van der Waals surface area contributed by atoms with Crippen LogP contribution in [-0.2, 0) is 24.4 Å². The number of guanidine groups is 1. The monoisotopic (exact) mass is 389 g/mol. The summed E-state index contributed by atoms with van der Waals surface area (Å²) in [4.78, 5) is 5.64. The highest BCUT2D eigenvalue weighted by Gasteiger charge is 2.12. The van der Waals surface area contributed by atoms with Gasteiger partial charge < -0.3 is 15.4 Å². The van der Waals surface area contributed by atoms with Crippen LogP contribution in [0.3, 0.4) is 0 Å². The van der Waals surface area contributed by atoms with E-state index in [0.717, 1.165) is 30.4 Å². The van der Waals surface area contributed by atoms with Crippen molar-refractivity contribution in [2.45, 2.75) is 45.3 Å². The Labute approximate surface area is 166 Å². The van der Waals surface area contributed by atoms with Gasteiger partial charge in [-0.1, -0.05) is 12.1 Å². The van der Waals surface area contributed by atoms with Gasteiger partial charge in [-0.05, 0) is 44.2 Å². The fourth-order valence-electron chi connectivity index (χ4n) is 2.95. The lowest BCUT2D eigenvalue weighted by Gasteiger charge is -2.14. The minimum atomic E-state index is 0.659. The molecule has 0 spiro atoms. The number of thioether (sulfide) groups is 1. The average Bonchev–Trinajstić information content (AvgIpc) is 2.94. The molecule has 0 aliphatic carbocycles. The van der Waals surface area contributed by atoms with Crippen molar-refractivity contribution in [3.63, 3.8) is 0 Å². The van der Waals surface area contributed by atoms with E-state index in [4.69, 9.17) is 4.74 Å². The van der Waals surface area contributed by atoms with Gasteiger partial charge in [-0.15, -0.1) is 11.8 Å². The van der Waals surface area contributed by atoms with Crippen molar-refractivity contribution in [1.82, 2.24) is 20.4 Å². The number of nitrogens with zero attached hydrogens (tertiary/aromatic N) is 3. The van der Waals surface area contributed by atoms with E-state index >= 15 is 0 Å². The third-order valence-electron chi connectivity index (χ3n) is 4.58. The number of benzene rings is 1. The standard InChI is InChI=1S/C20H31N5OS/c1-14-7-8-17(19(11-14)27-6)12-22-20(21-4)23-13-18-15(2)24-25(16(18)3)9-10-26-5/h7-8,11H,9-10,12-13H2,1-6H3,(H2,21,22,23). The number of hydrogen-bond acceptors (Lipinski definition) is 4. The predicted octanol–water partition coefficient (Wildman–Crippen LogP) is 3.04. The van der Waals surface area contributed by atoms with Crippen molar-refractivity contribution in [1.29, 1.82) is 0 Å². The first-order valence-electron chi connectivity index (χ1n) is 9.10. The van der Waals surface area contributed by atoms with E-state index in [9.17, 15) is 0 Å². The number of hydrogen-bond donors (Lipinski definition) is 2. The molecule has 0 aliphatic heterocycles. The molecule has 2 N–H and O–H groups in total. The summed E-state index contributed by atoms with van der Waals surface area (Å²) in [5, 5.41) is 11.4. The molecule has 148 valence electrons. The van der Waals surface area contributed by atoms with Crippen LogP contribution < -0.4 is 10.6 Å². The highest BCUT2D eigenvalue weighted by molar-refractivity contribution is 7.98. The molecule has 0 fully saturated rings. The SMILES string of the molecule is CN=C(NCc1ccc(C)cc1SC)NCc1c(C)nn(CCOC)c1C. The fourth-order valence-corrected chi connectivity index (χ4v) is 3.66. The predicted molar refractivity (Wildman–Crippen MR) is 114 cm³/mol. The number of rotatable bonds is 8. The van der Waals surface area contributed by atoms with Gasteiger partial charge in [-0.2, -0.15) is 5.10 Å². The van der Waals surface area contributed by atoms with Gasteiger partial charge in [0.1, 0.15) is 0 Å². The van der Waals surface area contributed by atoms with E-state index in [2.05, 4.69) is 59.0 Å². The van der Waals surface area contributed by atoms with Crippen LogP contribution in [-0.4, -0.2) is 42.8 Å². The zero-order valence-electron chi connectivity index (χ0n) is 17.2. The van der Waals surface area contributed by atoms with Crippen LogP contribution in [0.25, 0.3) is 0 Å². The number of nitrogens with one attached hydrogen (secondary N) is 2. The smallest absolute Gasteiger partial charge is 0.191 e. The molecule has 1 aromatic heterocycles. The van der Waals surface area contributed by atoms with E-state index < -0.39 is 0 Å². The Morgan fingerprint density at radius 1 is 1.22 bits per heavy atom. The first-order chi connectivity index (χ1) is 13.0. The highest BCUT2D eigenvalue weighted by atomic mass is 32.2. The van der Waals surface area contributed by atoms with Crippen LogP contribution in [0.5, 0.6) is 0 Å². The molecule has 7 heteroatoms. The van der Waals surface area contributed by atoms with Gasteiger partial charge in [0, 0.05) is 43.4 Å². The molecule has 6 nitrogen and oxygen atoms in total. The van der Waals surface area contributed by atoms with E-state index in [1.165, 1.54) is 21.6 Å². The quantitative estimate of drug-likeness (QED) is 0.413. The molecular formula is C20H31N5OS. The molecule has 0 aliphatic rings. The van der Waals surface area contributed by atoms with Crippen molar-refractivity contribution < 1.29 is 4.74 Å². The molecule has 2 aromatic rings. The normalized spacial score (nSPS) is 11.7. The lowest BCUT2D eigenvalue weighted by Crippen LogP contribution is -2.36. The van der Waals surface area contributed by atoms with Crippen LogP contribution in [0.2, 0.25) is 0 Å². The van der Waals surface area contributed by atoms with Gasteiger partial charge in [0.2, 0.25) is 0 Å². The van der Waals surface area contributed by atoms with Crippen molar-refractivity contribution in [2.75, 3.05) is 27.0 Å². The maximum absolute atomic E-state index is 5.16. The van der Waals surface area contributed by atoms with Crippen LogP contribution in [0.4, 0.5) is 0 Å². The average molecular weight is 390 g/mol. The van der Waals surface area contributed by atoms with Crippen LogP contribution in [0, 0.1) is 20.8 Å². The largest absolute Gasteiger partial charge is 0.383 e. The van der Waals surface area contributed by atoms with Crippen molar-refractivity contribution in [2.24, 2.45) is 4.99 Å². The summed E-state index contributed by atoms with van der Waals surface area (Å²) in [6.45, 7) is 9.11. The lowest BCUT2D eigenvalue weighted by molar-refractivity contribution is 0.182. The summed E-state index contributed by atoms with van der Waals surface area (Å²) in [6.07, 6.45) is 2.11. The maximum atomic E-state index is 5.16. The van der Waals surface area contributed by atoms with Crippen LogP contribution in [0.15, 0.2) is 28.1 Å². The molecule has 0 amide bonds. The Bertz CT molecular complexity index is 785. The number of methoxy groups -OCH3 is 1. The number of aliphatic imine (C=N–C) groups is 1. The second-order valence-corrected chi connectivity index (χ2v) is 7.31. The summed E-state index contributed by atoms with van der Waals surface area (Å²) in [7, 11) is 3.50. The Morgan fingerprint density at radius 3 is 2.63 bits per heavy atom. The van der Waals surface area contributed by atoms with Crippen molar-refractivity contribution >= 4 is 17.7 Å². The van der Waals surface area contributed by atoms with Crippen molar-refractivity contribution in [3.05, 3.63) is 46.3 Å². The molecule has 27 heavy (non-hydrogen) atoms. The molecule has 1 heterocycles. The molecule has 0 atom stereocenters. The Kier molecular flexibility index (Phi) is 8.19. The minimum Gasteiger partial charge on any atom is -0.383 e. The van der Waals surface area contributed by atoms with Gasteiger partial charge in [0.25, 0.3) is 0 Å². The zero-order chi connectivity index (χ0) is 19.8. The molecule has 0 unspecified atom stereocenters. The molecule has 1 aromatic carbocycles. The first-order valence-corrected chi connectivity index (χ1v) is 10.3. The molecule has 0 saturated heterocycles. The van der Waals surface area contributed by atoms with Gasteiger partial charge in [-0.3, -0.25) is 9.67 Å². The Hall–Kier alpha value is -1.99. The van der Waals surface area contributed by atoms with E-state index in [1.54, 1.807) is 25.9 Å². The van der Waals surface area contributed by atoms with Gasteiger partial charge in [0.15, 0.2) is 5.96 Å². The number of aromatic nitrogens is 2. The highest BCUT2D eigenvalue weighted by Crippen LogP contribution is 2.21. The third-order valence-corrected chi connectivity index (χ3v) is 5.40. The second kappa shape index (κ2) is 10.4. The fraction of sp³-hybridized carbons (Fsp3) is 0.500. The topological polar surface area (TPSA) is 63.5 Å². The van der Waals surface area contributed by atoms with E-state index in [-0.39, 0.29) is 0 Å². The summed E-state index contributed by atoms with van der Waals surface area (Å²) in [6, 6.07) is 6.54. The Morgan fingerprint density at radius 2 is 1.96 bits per heavy atom. The summed E-state index contributed by atoms with van der Waals surface area (Å²) in [5.74, 6) is 0.783. The summed E-state index contributed by atoms with van der Waals surface area (Å²) in [5.41, 5.74) is 5.96. The van der Waals surface area contributed by atoms with Crippen LogP contribution in [0.1, 0.15) is 28.1 Å². The third kappa shape index (κ3) is 5.74. The number of ether oxygens (including phenoxy) is 1. The maximum Gasteiger partial charge on any atom is 0.191 e. The van der Waals surface area contributed by atoms with Gasteiger partial charge in [-0.25, -0.2) is 0 Å². The molecule has 0 saturated carbocycles. The van der Waals surface area contributed by atoms with Crippen LogP contribution >= 0.6 is 11.8 Å². The van der Waals surface area contributed by atoms with Gasteiger partial charge >= 0.3 is 0 Å². The van der Waals surface area contributed by atoms with E-state index in [0.29, 0.717) is 13.2 Å². The number of aryl methyl sites for hydroxylation is 2. The summed E-state index contributed by atoms with van der Waals surface area (Å²) >= 11 is 1.77. The molecular weight excluding hydrogens is 358 g/mol. The first kappa shape index (κ1) is 21.3. The summed E-state index contributed by atoms with van der Waals surface area (Å²) < 4.78 is 7.16. The Balaban J connectivity index is 1.98. The molecule has 0 bridgehead atoms. The second-order valence-electron chi connectivity index (χ2n) is 6.46. The molecule has 2 rings (SSSR count). The molecule has 0 radical (unpaired) electrons. The van der Waals surface area contributed by atoms with Gasteiger partial charge in [0.05, 0.1) is 18.8 Å².